The zero-order valence-corrected chi connectivity index (χ0v) is 14.0. The molecular weight excluding hydrogens is 343 g/mol. The number of benzene rings is 2. The van der Waals surface area contributed by atoms with Crippen LogP contribution in [0.3, 0.4) is 0 Å². The molecule has 0 bridgehead atoms. The second kappa shape index (κ2) is 6.71. The van der Waals surface area contributed by atoms with Crippen LogP contribution >= 0.6 is 0 Å². The Balaban J connectivity index is 1.83. The average molecular weight is 359 g/mol. The summed E-state index contributed by atoms with van der Waals surface area (Å²) in [5.41, 5.74) is 1.19. The highest BCUT2D eigenvalue weighted by Gasteiger charge is 2.36. The first kappa shape index (κ1) is 17.8. The van der Waals surface area contributed by atoms with Crippen molar-refractivity contribution in [2.45, 2.75) is 18.6 Å². The third-order valence-corrected chi connectivity index (χ3v) is 4.41. The summed E-state index contributed by atoms with van der Waals surface area (Å²) in [7, 11) is 1.69. The van der Waals surface area contributed by atoms with Crippen molar-refractivity contribution < 1.29 is 18.0 Å². The third-order valence-electron chi connectivity index (χ3n) is 4.41. The van der Waals surface area contributed by atoms with Crippen molar-refractivity contribution in [1.82, 2.24) is 4.90 Å². The maximum atomic E-state index is 12.7. The molecule has 0 spiro atoms. The third kappa shape index (κ3) is 3.49. The number of amides is 2. The van der Waals surface area contributed by atoms with Crippen molar-refractivity contribution in [3.63, 3.8) is 0 Å². The van der Waals surface area contributed by atoms with Gasteiger partial charge in [0.05, 0.1) is 23.2 Å². The smallest absolute Gasteiger partial charge is 0.325 e. The van der Waals surface area contributed by atoms with Crippen LogP contribution < -0.4 is 4.90 Å². The Kier molecular flexibility index (Phi) is 4.60. The summed E-state index contributed by atoms with van der Waals surface area (Å²) >= 11 is 0. The number of halogens is 3. The quantitative estimate of drug-likeness (QED) is 0.830. The van der Waals surface area contributed by atoms with Crippen LogP contribution in [-0.2, 0) is 12.6 Å². The first-order valence-electron chi connectivity index (χ1n) is 8.00. The maximum Gasteiger partial charge on any atom is 0.416 e. The van der Waals surface area contributed by atoms with E-state index < -0.39 is 11.7 Å². The summed E-state index contributed by atoms with van der Waals surface area (Å²) < 4.78 is 38.1. The summed E-state index contributed by atoms with van der Waals surface area (Å²) in [6.07, 6.45) is -3.93. The topological polar surface area (TPSA) is 47.3 Å². The second-order valence-corrected chi connectivity index (χ2v) is 6.24. The van der Waals surface area contributed by atoms with Crippen molar-refractivity contribution >= 4 is 11.7 Å². The largest absolute Gasteiger partial charge is 0.416 e. The van der Waals surface area contributed by atoms with E-state index in [4.69, 9.17) is 5.26 Å². The summed E-state index contributed by atoms with van der Waals surface area (Å²) in [4.78, 5) is 15.7. The van der Waals surface area contributed by atoms with Gasteiger partial charge >= 0.3 is 12.2 Å². The number of likely N-dealkylation sites (N-methyl/N-ethyl adjacent to an activating group) is 1. The molecule has 1 fully saturated rings. The monoisotopic (exact) mass is 359 g/mol. The molecule has 7 heteroatoms. The molecule has 1 atom stereocenters. The molecular formula is C19H16F3N3O. The minimum absolute atomic E-state index is 0.174. The van der Waals surface area contributed by atoms with Crippen LogP contribution in [0.2, 0.25) is 0 Å². The molecule has 3 rings (SSSR count). The van der Waals surface area contributed by atoms with E-state index in [9.17, 15) is 18.0 Å². The highest BCUT2D eigenvalue weighted by Crippen LogP contribution is 2.30. The van der Waals surface area contributed by atoms with Gasteiger partial charge in [0.15, 0.2) is 0 Å². The normalized spacial score (nSPS) is 17.5. The number of hydrogen-bond donors (Lipinski definition) is 0. The van der Waals surface area contributed by atoms with Crippen LogP contribution in [0.1, 0.15) is 16.7 Å². The Morgan fingerprint density at radius 2 is 1.73 bits per heavy atom. The lowest BCUT2D eigenvalue weighted by Crippen LogP contribution is -2.35. The van der Waals surface area contributed by atoms with Crippen molar-refractivity contribution in [3.05, 3.63) is 65.2 Å². The van der Waals surface area contributed by atoms with E-state index >= 15 is 0 Å². The molecule has 2 amide bonds. The van der Waals surface area contributed by atoms with Gasteiger partial charge in [-0.2, -0.15) is 18.4 Å². The Hall–Kier alpha value is -3.01. The predicted octanol–water partition coefficient (Wildman–Crippen LogP) is 4.06. The predicted molar refractivity (Wildman–Crippen MR) is 90.6 cm³/mol. The number of alkyl halides is 3. The van der Waals surface area contributed by atoms with Gasteiger partial charge in [-0.25, -0.2) is 4.79 Å². The number of carbonyl (C=O) groups excluding carboxylic acids is 1. The number of nitriles is 1. The van der Waals surface area contributed by atoms with Crippen LogP contribution in [0.25, 0.3) is 0 Å². The Labute approximate surface area is 149 Å². The van der Waals surface area contributed by atoms with Gasteiger partial charge in [0.2, 0.25) is 0 Å². The van der Waals surface area contributed by atoms with Crippen LogP contribution in [-0.4, -0.2) is 30.6 Å². The van der Waals surface area contributed by atoms with Gasteiger partial charge < -0.3 is 4.90 Å². The second-order valence-electron chi connectivity index (χ2n) is 6.24. The van der Waals surface area contributed by atoms with Crippen molar-refractivity contribution in [3.8, 4) is 6.07 Å². The standard InChI is InChI=1S/C19H16F3N3O/c1-24-12-17(10-13-2-6-15(7-3-13)19(20,21)22)25(18(24)26)16-8-4-14(11-23)5-9-16/h2-9,17H,10,12H2,1H3/t17-/m0/s1. The SMILES string of the molecule is CN1C[C@H](Cc2ccc(C(F)(F)F)cc2)N(c2ccc(C#N)cc2)C1=O. The molecule has 1 saturated heterocycles. The van der Waals surface area contributed by atoms with Crippen molar-refractivity contribution in [2.24, 2.45) is 0 Å². The first-order chi connectivity index (χ1) is 12.3. The summed E-state index contributed by atoms with van der Waals surface area (Å²) in [5.74, 6) is 0. The molecule has 0 aromatic heterocycles. The van der Waals surface area contributed by atoms with Gasteiger partial charge in [0.25, 0.3) is 0 Å². The zero-order chi connectivity index (χ0) is 18.9. The summed E-state index contributed by atoms with van der Waals surface area (Å²) in [6, 6.07) is 13.3. The van der Waals surface area contributed by atoms with Gasteiger partial charge in [0, 0.05) is 19.3 Å². The van der Waals surface area contributed by atoms with Crippen molar-refractivity contribution in [1.29, 1.82) is 5.26 Å². The molecule has 1 aliphatic rings. The lowest BCUT2D eigenvalue weighted by Gasteiger charge is -2.23. The number of anilines is 1. The molecule has 1 aliphatic heterocycles. The number of carbonyl (C=O) groups is 1. The summed E-state index contributed by atoms with van der Waals surface area (Å²) in [6.45, 7) is 0.472. The van der Waals surface area contributed by atoms with Crippen LogP contribution in [0.5, 0.6) is 0 Å². The molecule has 2 aromatic carbocycles. The molecule has 0 aliphatic carbocycles. The fraction of sp³-hybridized carbons (Fsp3) is 0.263. The van der Waals surface area contributed by atoms with Crippen LogP contribution in [0.4, 0.5) is 23.7 Å². The molecule has 1 heterocycles. The molecule has 0 unspecified atom stereocenters. The fourth-order valence-electron chi connectivity index (χ4n) is 3.09. The lowest BCUT2D eigenvalue weighted by atomic mass is 10.0. The highest BCUT2D eigenvalue weighted by molar-refractivity contribution is 5.95. The van der Waals surface area contributed by atoms with Crippen molar-refractivity contribution in [2.75, 3.05) is 18.5 Å². The average Bonchev–Trinajstić information content (AvgIpc) is 2.88. The number of hydrogen-bond acceptors (Lipinski definition) is 2. The first-order valence-corrected chi connectivity index (χ1v) is 8.00. The Bertz CT molecular complexity index is 838. The number of rotatable bonds is 3. The maximum absolute atomic E-state index is 12.7. The molecule has 0 saturated carbocycles. The van der Waals surface area contributed by atoms with Gasteiger partial charge in [-0.3, -0.25) is 4.90 Å². The van der Waals surface area contributed by atoms with Gasteiger partial charge in [0.1, 0.15) is 0 Å². The highest BCUT2D eigenvalue weighted by atomic mass is 19.4. The van der Waals surface area contributed by atoms with Crippen LogP contribution in [0.15, 0.2) is 48.5 Å². The van der Waals surface area contributed by atoms with E-state index in [-0.39, 0.29) is 12.1 Å². The van der Waals surface area contributed by atoms with Crippen LogP contribution in [0, 0.1) is 11.3 Å². The molecule has 0 N–H and O–H groups in total. The summed E-state index contributed by atoms with van der Waals surface area (Å²) in [5, 5.41) is 8.90. The van der Waals surface area contributed by atoms with Gasteiger partial charge in [-0.05, 0) is 48.4 Å². The Morgan fingerprint density at radius 3 is 2.27 bits per heavy atom. The van der Waals surface area contributed by atoms with Gasteiger partial charge in [-0.15, -0.1) is 0 Å². The van der Waals surface area contributed by atoms with E-state index in [0.29, 0.717) is 24.2 Å². The molecule has 4 nitrogen and oxygen atoms in total. The van der Waals surface area contributed by atoms with Gasteiger partial charge in [-0.1, -0.05) is 12.1 Å². The minimum atomic E-state index is -4.36. The van der Waals surface area contributed by atoms with E-state index in [2.05, 4.69) is 0 Å². The van der Waals surface area contributed by atoms with E-state index in [1.165, 1.54) is 12.1 Å². The molecule has 26 heavy (non-hydrogen) atoms. The number of urea groups is 1. The number of nitrogens with zero attached hydrogens (tertiary/aromatic N) is 3. The molecule has 2 aromatic rings. The lowest BCUT2D eigenvalue weighted by molar-refractivity contribution is -0.137. The van der Waals surface area contributed by atoms with E-state index in [1.807, 2.05) is 6.07 Å². The van der Waals surface area contributed by atoms with E-state index in [1.54, 1.807) is 41.1 Å². The molecule has 0 radical (unpaired) electrons. The molecule has 134 valence electrons. The Morgan fingerprint density at radius 1 is 1.12 bits per heavy atom. The fourth-order valence-corrected chi connectivity index (χ4v) is 3.09. The van der Waals surface area contributed by atoms with E-state index in [0.717, 1.165) is 17.7 Å². The minimum Gasteiger partial charge on any atom is -0.325 e. The zero-order valence-electron chi connectivity index (χ0n) is 14.0.